The molecule has 1 aromatic heterocycles. The van der Waals surface area contributed by atoms with Gasteiger partial charge in [0.2, 0.25) is 14.2 Å². The number of aromatic nitrogens is 1. The monoisotopic (exact) mass is 361 g/mol. The molecule has 6 heteroatoms. The molecule has 0 aliphatic heterocycles. The average Bonchev–Trinajstić information content (AvgIpc) is 3.00. The molecule has 0 saturated heterocycles. The Morgan fingerprint density at radius 2 is 1.79 bits per heavy atom. The van der Waals surface area contributed by atoms with Gasteiger partial charge in [0.05, 0.1) is 29.2 Å². The number of sulfone groups is 1. The first-order valence-electron chi connectivity index (χ1n) is 7.74. The Morgan fingerprint density at radius 1 is 1.08 bits per heavy atom. The van der Waals surface area contributed by atoms with Gasteiger partial charge in [-0.25, -0.2) is 13.4 Å². The van der Waals surface area contributed by atoms with Crippen molar-refractivity contribution in [2.24, 2.45) is 5.92 Å². The largest absolute Gasteiger partial charge is 0.376 e. The number of rotatable bonds is 7. The maximum absolute atomic E-state index is 12.5. The molecule has 24 heavy (non-hydrogen) atoms. The maximum Gasteiger partial charge on any atom is 0.210 e. The molecule has 0 radical (unpaired) electrons. The molecular formula is C18H19NO3S2. The van der Waals surface area contributed by atoms with E-state index >= 15 is 0 Å². The van der Waals surface area contributed by atoms with E-state index < -0.39 is 9.84 Å². The van der Waals surface area contributed by atoms with Gasteiger partial charge < -0.3 is 4.74 Å². The Hall–Kier alpha value is -1.76. The van der Waals surface area contributed by atoms with Crippen molar-refractivity contribution in [1.29, 1.82) is 0 Å². The van der Waals surface area contributed by atoms with Crippen molar-refractivity contribution in [3.63, 3.8) is 0 Å². The zero-order valence-electron chi connectivity index (χ0n) is 13.4. The van der Waals surface area contributed by atoms with E-state index in [-0.39, 0.29) is 16.0 Å². The molecule has 2 aromatic carbocycles. The van der Waals surface area contributed by atoms with Crippen LogP contribution in [0.3, 0.4) is 0 Å². The van der Waals surface area contributed by atoms with E-state index in [0.29, 0.717) is 13.2 Å². The number of thiazole rings is 1. The second-order valence-electron chi connectivity index (χ2n) is 5.83. The standard InChI is InChI=1S/C18H19NO3S2/c1-14(11-22-12-15-7-3-2-4-8-15)13-24(20,21)18-19-16-9-5-6-10-17(16)23-18/h2-10,14H,11-13H2,1H3/t14-/m0/s1. The first kappa shape index (κ1) is 17.1. The third-order valence-electron chi connectivity index (χ3n) is 3.56. The molecule has 126 valence electrons. The molecule has 0 spiro atoms. The van der Waals surface area contributed by atoms with Crippen LogP contribution < -0.4 is 0 Å². The van der Waals surface area contributed by atoms with E-state index in [4.69, 9.17) is 4.74 Å². The van der Waals surface area contributed by atoms with Gasteiger partial charge in [0.15, 0.2) is 0 Å². The molecule has 0 fully saturated rings. The molecule has 3 aromatic rings. The molecule has 0 bridgehead atoms. The highest BCUT2D eigenvalue weighted by atomic mass is 32.2. The van der Waals surface area contributed by atoms with E-state index in [2.05, 4.69) is 4.98 Å². The summed E-state index contributed by atoms with van der Waals surface area (Å²) < 4.78 is 31.8. The Labute approximate surface area is 146 Å². The van der Waals surface area contributed by atoms with Crippen LogP contribution in [0.1, 0.15) is 12.5 Å². The van der Waals surface area contributed by atoms with Crippen LogP contribution in [0.5, 0.6) is 0 Å². The molecule has 0 saturated carbocycles. The molecule has 0 aliphatic carbocycles. The number of para-hydroxylation sites is 1. The Morgan fingerprint density at radius 3 is 2.54 bits per heavy atom. The van der Waals surface area contributed by atoms with Crippen LogP contribution in [0.15, 0.2) is 58.9 Å². The highest BCUT2D eigenvalue weighted by molar-refractivity contribution is 7.93. The molecule has 1 heterocycles. The third-order valence-corrected chi connectivity index (χ3v) is 7.03. The summed E-state index contributed by atoms with van der Waals surface area (Å²) in [6, 6.07) is 17.3. The summed E-state index contributed by atoms with van der Waals surface area (Å²) in [5, 5.41) is 0. The van der Waals surface area contributed by atoms with Gasteiger partial charge >= 0.3 is 0 Å². The molecule has 1 atom stereocenters. The van der Waals surface area contributed by atoms with Crippen LogP contribution in [0.2, 0.25) is 0 Å². The summed E-state index contributed by atoms with van der Waals surface area (Å²) in [6.45, 7) is 2.78. The Kier molecular flexibility index (Phi) is 5.28. The molecular weight excluding hydrogens is 342 g/mol. The summed E-state index contributed by atoms with van der Waals surface area (Å²) in [4.78, 5) is 4.26. The van der Waals surface area contributed by atoms with Crippen LogP contribution >= 0.6 is 11.3 Å². The fourth-order valence-corrected chi connectivity index (χ4v) is 5.33. The molecule has 0 N–H and O–H groups in total. The number of ether oxygens (including phenoxy) is 1. The number of hydrogen-bond donors (Lipinski definition) is 0. The summed E-state index contributed by atoms with van der Waals surface area (Å²) in [5.74, 6) is -0.0487. The normalized spacial score (nSPS) is 13.2. The van der Waals surface area contributed by atoms with Gasteiger partial charge in [0.1, 0.15) is 0 Å². The summed E-state index contributed by atoms with van der Waals surface area (Å²) >= 11 is 1.23. The van der Waals surface area contributed by atoms with Crippen LogP contribution in [0.25, 0.3) is 10.2 Å². The second-order valence-corrected chi connectivity index (χ2v) is 9.07. The van der Waals surface area contributed by atoms with Crippen molar-refractivity contribution in [3.8, 4) is 0 Å². The van der Waals surface area contributed by atoms with Gasteiger partial charge in [-0.2, -0.15) is 0 Å². The number of fused-ring (bicyclic) bond motifs is 1. The Balaban J connectivity index is 1.59. The van der Waals surface area contributed by atoms with Crippen molar-refractivity contribution in [2.45, 2.75) is 17.9 Å². The van der Waals surface area contributed by atoms with Gasteiger partial charge in [-0.05, 0) is 23.6 Å². The first-order valence-corrected chi connectivity index (χ1v) is 10.2. The van der Waals surface area contributed by atoms with Crippen molar-refractivity contribution < 1.29 is 13.2 Å². The van der Waals surface area contributed by atoms with Gasteiger partial charge in [-0.15, -0.1) is 11.3 Å². The van der Waals surface area contributed by atoms with Gasteiger partial charge in [-0.3, -0.25) is 0 Å². The van der Waals surface area contributed by atoms with Crippen molar-refractivity contribution in [3.05, 3.63) is 60.2 Å². The van der Waals surface area contributed by atoms with Gasteiger partial charge in [0.25, 0.3) is 0 Å². The molecule has 0 unspecified atom stereocenters. The minimum absolute atomic E-state index is 0.0433. The number of hydrogen-bond acceptors (Lipinski definition) is 5. The summed E-state index contributed by atoms with van der Waals surface area (Å²) in [5.41, 5.74) is 1.81. The molecule has 0 amide bonds. The van der Waals surface area contributed by atoms with Crippen LogP contribution in [-0.4, -0.2) is 25.8 Å². The second kappa shape index (κ2) is 7.42. The smallest absolute Gasteiger partial charge is 0.210 e. The van der Waals surface area contributed by atoms with Gasteiger partial charge in [-0.1, -0.05) is 49.4 Å². The van der Waals surface area contributed by atoms with E-state index in [9.17, 15) is 8.42 Å². The minimum Gasteiger partial charge on any atom is -0.376 e. The lowest BCUT2D eigenvalue weighted by molar-refractivity contribution is 0.0978. The first-order chi connectivity index (χ1) is 11.5. The zero-order chi connectivity index (χ0) is 17.0. The predicted molar refractivity (Wildman–Crippen MR) is 96.9 cm³/mol. The van der Waals surface area contributed by atoms with Crippen molar-refractivity contribution in [1.82, 2.24) is 4.98 Å². The third kappa shape index (κ3) is 4.20. The zero-order valence-corrected chi connectivity index (χ0v) is 15.0. The fourth-order valence-electron chi connectivity index (χ4n) is 2.43. The summed E-state index contributed by atoms with van der Waals surface area (Å²) in [6.07, 6.45) is 0. The molecule has 3 rings (SSSR count). The van der Waals surface area contributed by atoms with Crippen LogP contribution in [0, 0.1) is 5.92 Å². The Bertz CT molecular complexity index is 871. The number of nitrogens with zero attached hydrogens (tertiary/aromatic N) is 1. The van der Waals surface area contributed by atoms with Gasteiger partial charge in [0, 0.05) is 0 Å². The SMILES string of the molecule is C[C@@H](COCc1ccccc1)CS(=O)(=O)c1nc2ccccc2s1. The number of benzene rings is 2. The lowest BCUT2D eigenvalue weighted by Crippen LogP contribution is -2.18. The highest BCUT2D eigenvalue weighted by Crippen LogP contribution is 2.26. The highest BCUT2D eigenvalue weighted by Gasteiger charge is 2.22. The van der Waals surface area contributed by atoms with Crippen LogP contribution in [0.4, 0.5) is 0 Å². The minimum atomic E-state index is -3.39. The van der Waals surface area contributed by atoms with E-state index in [1.807, 2.05) is 61.5 Å². The van der Waals surface area contributed by atoms with E-state index in [0.717, 1.165) is 15.8 Å². The molecule has 0 aliphatic rings. The quantitative estimate of drug-likeness (QED) is 0.640. The van der Waals surface area contributed by atoms with E-state index in [1.54, 1.807) is 0 Å². The predicted octanol–water partition coefficient (Wildman–Crippen LogP) is 3.92. The van der Waals surface area contributed by atoms with Crippen molar-refractivity contribution in [2.75, 3.05) is 12.4 Å². The average molecular weight is 361 g/mol. The topological polar surface area (TPSA) is 56.3 Å². The maximum atomic E-state index is 12.5. The van der Waals surface area contributed by atoms with Crippen molar-refractivity contribution >= 4 is 31.4 Å². The summed E-state index contributed by atoms with van der Waals surface area (Å²) in [7, 11) is -3.39. The fraction of sp³-hybridized carbons (Fsp3) is 0.278. The lowest BCUT2D eigenvalue weighted by Gasteiger charge is -2.11. The lowest BCUT2D eigenvalue weighted by atomic mass is 10.2. The van der Waals surface area contributed by atoms with E-state index in [1.165, 1.54) is 11.3 Å². The van der Waals surface area contributed by atoms with Crippen LogP contribution in [-0.2, 0) is 21.2 Å². The molecule has 4 nitrogen and oxygen atoms in total.